The van der Waals surface area contributed by atoms with Crippen LogP contribution in [0, 0.1) is 5.82 Å². The maximum Gasteiger partial charge on any atom is 0.123 e. The summed E-state index contributed by atoms with van der Waals surface area (Å²) in [6.07, 6.45) is 0.713. The van der Waals surface area contributed by atoms with E-state index in [2.05, 4.69) is 31.9 Å². The van der Waals surface area contributed by atoms with Crippen LogP contribution in [0.5, 0.6) is 0 Å². The second kappa shape index (κ2) is 7.06. The van der Waals surface area contributed by atoms with E-state index >= 15 is 0 Å². The smallest absolute Gasteiger partial charge is 0.123 e. The van der Waals surface area contributed by atoms with Crippen LogP contribution in [-0.4, -0.2) is 10.7 Å². The van der Waals surface area contributed by atoms with Crippen LogP contribution in [0.15, 0.2) is 48.5 Å². The van der Waals surface area contributed by atoms with Gasteiger partial charge >= 0.3 is 0 Å². The van der Waals surface area contributed by atoms with Crippen molar-refractivity contribution < 1.29 is 4.39 Å². The van der Waals surface area contributed by atoms with Crippen LogP contribution in [-0.2, 0) is 11.8 Å². The molecule has 0 radical (unpaired) electrons. The normalized spacial score (nSPS) is 11.6. The van der Waals surface area contributed by atoms with Gasteiger partial charge in [-0.1, -0.05) is 73.8 Å². The van der Waals surface area contributed by atoms with Gasteiger partial charge in [0.25, 0.3) is 0 Å². The van der Waals surface area contributed by atoms with Gasteiger partial charge in [0.15, 0.2) is 0 Å². The molecule has 4 heteroatoms. The summed E-state index contributed by atoms with van der Waals surface area (Å²) in [5, 5.41) is 2.22. The minimum Gasteiger partial charge on any atom is -0.207 e. The first-order valence-corrected chi connectivity index (χ1v) is 8.85. The molecule has 2 aromatic rings. The van der Waals surface area contributed by atoms with Gasteiger partial charge in [0.1, 0.15) is 5.82 Å². The molecule has 0 aliphatic carbocycles. The number of alkyl halides is 2. The summed E-state index contributed by atoms with van der Waals surface area (Å²) in [5.74, 6) is -0.209. The number of hydrogen-bond acceptors (Lipinski definition) is 0. The Labute approximate surface area is 140 Å². The highest BCUT2D eigenvalue weighted by molar-refractivity contribution is 9.09. The summed E-state index contributed by atoms with van der Waals surface area (Å²) in [5.41, 5.74) is 1.83. The van der Waals surface area contributed by atoms with E-state index < -0.39 is 0 Å². The molecule has 0 heterocycles. The molecule has 2 rings (SSSR count). The molecule has 20 heavy (non-hydrogen) atoms. The van der Waals surface area contributed by atoms with Gasteiger partial charge in [-0.05, 0) is 35.7 Å². The van der Waals surface area contributed by atoms with Crippen molar-refractivity contribution in [2.45, 2.75) is 11.8 Å². The van der Waals surface area contributed by atoms with Crippen molar-refractivity contribution in [1.29, 1.82) is 0 Å². The standard InChI is InChI=1S/C16H14Br2ClF/c17-10-16(11-18,14-6-1-2-7-15(14)19)9-12-4-3-5-13(20)8-12/h1-8H,9-11H2. The van der Waals surface area contributed by atoms with E-state index in [-0.39, 0.29) is 11.2 Å². The predicted molar refractivity (Wildman–Crippen MR) is 90.8 cm³/mol. The Balaban J connectivity index is 2.42. The maximum absolute atomic E-state index is 13.4. The van der Waals surface area contributed by atoms with Crippen molar-refractivity contribution in [2.75, 3.05) is 10.7 Å². The van der Waals surface area contributed by atoms with Gasteiger partial charge in [-0.25, -0.2) is 4.39 Å². The third-order valence-corrected chi connectivity index (χ3v) is 5.86. The van der Waals surface area contributed by atoms with Crippen molar-refractivity contribution in [3.05, 3.63) is 70.5 Å². The van der Waals surface area contributed by atoms with Crippen LogP contribution in [0.3, 0.4) is 0 Å². The molecule has 0 fully saturated rings. The molecule has 0 nitrogen and oxygen atoms in total. The number of hydrogen-bond donors (Lipinski definition) is 0. The Bertz CT molecular complexity index is 582. The molecule has 0 aromatic heterocycles. The number of benzene rings is 2. The van der Waals surface area contributed by atoms with E-state index in [4.69, 9.17) is 11.6 Å². The minimum atomic E-state index is -0.209. The monoisotopic (exact) mass is 418 g/mol. The molecule has 0 N–H and O–H groups in total. The summed E-state index contributed by atoms with van der Waals surface area (Å²) >= 11 is 13.5. The van der Waals surface area contributed by atoms with Crippen molar-refractivity contribution in [3.8, 4) is 0 Å². The van der Waals surface area contributed by atoms with Crippen LogP contribution < -0.4 is 0 Å². The molecule has 0 bridgehead atoms. The molecule has 106 valence electrons. The predicted octanol–water partition coefficient (Wildman–Crippen LogP) is 5.75. The Morgan fingerprint density at radius 1 is 1.00 bits per heavy atom. The lowest BCUT2D eigenvalue weighted by molar-refractivity contribution is 0.547. The van der Waals surface area contributed by atoms with Gasteiger partial charge in [-0.15, -0.1) is 0 Å². The zero-order valence-corrected chi connectivity index (χ0v) is 14.7. The molecular formula is C16H14Br2ClF. The first kappa shape index (κ1) is 16.0. The van der Waals surface area contributed by atoms with Crippen LogP contribution >= 0.6 is 43.5 Å². The maximum atomic E-state index is 13.4. The average molecular weight is 421 g/mol. The summed E-state index contributed by atoms with van der Waals surface area (Å²) in [6.45, 7) is 0. The molecule has 0 saturated heterocycles. The highest BCUT2D eigenvalue weighted by Crippen LogP contribution is 2.36. The molecular weight excluding hydrogens is 406 g/mol. The third kappa shape index (κ3) is 3.44. The Hall–Kier alpha value is -0.380. The van der Waals surface area contributed by atoms with Crippen molar-refractivity contribution in [2.24, 2.45) is 0 Å². The van der Waals surface area contributed by atoms with Gasteiger partial charge in [0, 0.05) is 21.1 Å². The van der Waals surface area contributed by atoms with Crippen molar-refractivity contribution >= 4 is 43.5 Å². The zero-order chi connectivity index (χ0) is 14.6. The Morgan fingerprint density at radius 3 is 2.30 bits per heavy atom. The average Bonchev–Trinajstić information content (AvgIpc) is 2.46. The van der Waals surface area contributed by atoms with E-state index in [0.717, 1.165) is 26.8 Å². The largest absolute Gasteiger partial charge is 0.207 e. The second-order valence-corrected chi connectivity index (χ2v) is 6.36. The van der Waals surface area contributed by atoms with Crippen LogP contribution in [0.25, 0.3) is 0 Å². The van der Waals surface area contributed by atoms with Crippen molar-refractivity contribution in [1.82, 2.24) is 0 Å². The van der Waals surface area contributed by atoms with Crippen LogP contribution in [0.1, 0.15) is 11.1 Å². The van der Waals surface area contributed by atoms with Gasteiger partial charge < -0.3 is 0 Å². The quantitative estimate of drug-likeness (QED) is 0.541. The lowest BCUT2D eigenvalue weighted by Gasteiger charge is -2.31. The second-order valence-electron chi connectivity index (χ2n) is 4.83. The molecule has 2 aromatic carbocycles. The molecule has 0 aliphatic rings. The first-order chi connectivity index (χ1) is 9.61. The van der Waals surface area contributed by atoms with Crippen LogP contribution in [0.2, 0.25) is 5.02 Å². The summed E-state index contributed by atoms with van der Waals surface area (Å²) in [4.78, 5) is 0. The lowest BCUT2D eigenvalue weighted by atomic mass is 9.79. The molecule has 0 aliphatic heterocycles. The van der Waals surface area contributed by atoms with E-state index in [9.17, 15) is 4.39 Å². The molecule has 0 atom stereocenters. The summed E-state index contributed by atoms with van der Waals surface area (Å²) in [7, 11) is 0. The summed E-state index contributed by atoms with van der Waals surface area (Å²) < 4.78 is 13.4. The van der Waals surface area contributed by atoms with E-state index in [0.29, 0.717) is 6.42 Å². The van der Waals surface area contributed by atoms with E-state index in [1.807, 2.05) is 30.3 Å². The topological polar surface area (TPSA) is 0 Å². The zero-order valence-electron chi connectivity index (χ0n) is 10.8. The summed E-state index contributed by atoms with van der Waals surface area (Å²) in [6, 6.07) is 14.5. The van der Waals surface area contributed by atoms with Gasteiger partial charge in [0.2, 0.25) is 0 Å². The highest BCUT2D eigenvalue weighted by Gasteiger charge is 2.32. The highest BCUT2D eigenvalue weighted by atomic mass is 79.9. The Kier molecular flexibility index (Phi) is 5.65. The number of halogens is 4. The third-order valence-electron chi connectivity index (χ3n) is 3.39. The fourth-order valence-electron chi connectivity index (χ4n) is 2.30. The van der Waals surface area contributed by atoms with Crippen molar-refractivity contribution in [3.63, 3.8) is 0 Å². The lowest BCUT2D eigenvalue weighted by Crippen LogP contribution is -2.33. The molecule has 0 amide bonds. The molecule has 0 spiro atoms. The van der Waals surface area contributed by atoms with E-state index in [1.54, 1.807) is 12.1 Å². The first-order valence-electron chi connectivity index (χ1n) is 6.23. The SMILES string of the molecule is Fc1cccc(CC(CBr)(CBr)c2ccccc2Cl)c1. The Morgan fingerprint density at radius 2 is 1.70 bits per heavy atom. The van der Waals surface area contributed by atoms with Gasteiger partial charge in [-0.2, -0.15) is 0 Å². The van der Waals surface area contributed by atoms with E-state index in [1.165, 1.54) is 6.07 Å². The minimum absolute atomic E-state index is 0.202. The van der Waals surface area contributed by atoms with Gasteiger partial charge in [0.05, 0.1) is 0 Å². The fourth-order valence-corrected chi connectivity index (χ4v) is 4.56. The number of rotatable bonds is 5. The van der Waals surface area contributed by atoms with Crippen LogP contribution in [0.4, 0.5) is 4.39 Å². The fraction of sp³-hybridized carbons (Fsp3) is 0.250. The molecule has 0 saturated carbocycles. The molecule has 0 unspecified atom stereocenters. The van der Waals surface area contributed by atoms with Gasteiger partial charge in [-0.3, -0.25) is 0 Å².